The van der Waals surface area contributed by atoms with E-state index < -0.39 is 0 Å². The Morgan fingerprint density at radius 2 is 2.21 bits per heavy atom. The minimum atomic E-state index is 0.0319. The summed E-state index contributed by atoms with van der Waals surface area (Å²) in [4.78, 5) is 19.1. The predicted octanol–water partition coefficient (Wildman–Crippen LogP) is 3.74. The van der Waals surface area contributed by atoms with Crippen LogP contribution in [-0.4, -0.2) is 30.5 Å². The van der Waals surface area contributed by atoms with Gasteiger partial charge in [0, 0.05) is 36.8 Å². The van der Waals surface area contributed by atoms with Crippen LogP contribution in [0.5, 0.6) is 0 Å². The maximum absolute atomic E-state index is 12.3. The highest BCUT2D eigenvalue weighted by molar-refractivity contribution is 7.13. The molecule has 3 rings (SSSR count). The SMILES string of the molecule is CCCc1ccc(C(=O)NC[C@H]2CCCN(c3nccs3)C2)cc1. The van der Waals surface area contributed by atoms with Crippen molar-refractivity contribution in [2.45, 2.75) is 32.6 Å². The molecule has 0 radical (unpaired) electrons. The van der Waals surface area contributed by atoms with E-state index in [9.17, 15) is 4.79 Å². The maximum atomic E-state index is 12.3. The molecule has 0 saturated carbocycles. The molecular weight excluding hydrogens is 318 g/mol. The first kappa shape index (κ1) is 17.0. The number of nitrogens with zero attached hydrogens (tertiary/aromatic N) is 2. The summed E-state index contributed by atoms with van der Waals surface area (Å²) in [6.45, 7) is 4.94. The number of carbonyl (C=O) groups is 1. The lowest BCUT2D eigenvalue weighted by molar-refractivity contribution is 0.0945. The van der Waals surface area contributed by atoms with Gasteiger partial charge in [-0.2, -0.15) is 0 Å². The van der Waals surface area contributed by atoms with E-state index in [4.69, 9.17) is 0 Å². The Balaban J connectivity index is 1.50. The van der Waals surface area contributed by atoms with Crippen molar-refractivity contribution in [3.63, 3.8) is 0 Å². The smallest absolute Gasteiger partial charge is 0.251 e. The van der Waals surface area contributed by atoms with Crippen molar-refractivity contribution in [3.8, 4) is 0 Å². The summed E-state index contributed by atoms with van der Waals surface area (Å²) >= 11 is 1.69. The van der Waals surface area contributed by atoms with Crippen molar-refractivity contribution < 1.29 is 4.79 Å². The molecule has 1 aromatic heterocycles. The van der Waals surface area contributed by atoms with Crippen molar-refractivity contribution >= 4 is 22.4 Å². The van der Waals surface area contributed by atoms with E-state index in [-0.39, 0.29) is 5.91 Å². The lowest BCUT2D eigenvalue weighted by Gasteiger charge is -2.32. The van der Waals surface area contributed by atoms with Gasteiger partial charge in [-0.15, -0.1) is 11.3 Å². The van der Waals surface area contributed by atoms with Gasteiger partial charge in [0.05, 0.1) is 0 Å². The van der Waals surface area contributed by atoms with Crippen LogP contribution in [0.2, 0.25) is 0 Å². The highest BCUT2D eigenvalue weighted by Crippen LogP contribution is 2.24. The molecule has 2 heterocycles. The van der Waals surface area contributed by atoms with Gasteiger partial charge in [-0.25, -0.2) is 4.98 Å². The molecular formula is C19H25N3OS. The number of nitrogens with one attached hydrogen (secondary N) is 1. The second kappa shape index (κ2) is 8.29. The van der Waals surface area contributed by atoms with Crippen LogP contribution < -0.4 is 10.2 Å². The van der Waals surface area contributed by atoms with Gasteiger partial charge in [0.2, 0.25) is 0 Å². The maximum Gasteiger partial charge on any atom is 0.251 e. The molecule has 24 heavy (non-hydrogen) atoms. The van der Waals surface area contributed by atoms with Crippen molar-refractivity contribution in [3.05, 3.63) is 47.0 Å². The molecule has 0 aliphatic carbocycles. The number of anilines is 1. The number of hydrogen-bond donors (Lipinski definition) is 1. The third-order valence-corrected chi connectivity index (χ3v) is 5.35. The zero-order valence-electron chi connectivity index (χ0n) is 14.2. The second-order valence-electron chi connectivity index (χ2n) is 6.43. The van der Waals surface area contributed by atoms with E-state index in [1.807, 2.05) is 23.7 Å². The molecule has 5 heteroatoms. The lowest BCUT2D eigenvalue weighted by Crippen LogP contribution is -2.41. The Morgan fingerprint density at radius 3 is 2.92 bits per heavy atom. The van der Waals surface area contributed by atoms with Gasteiger partial charge in [0.25, 0.3) is 5.91 Å². The number of rotatable bonds is 6. The van der Waals surface area contributed by atoms with Gasteiger partial charge < -0.3 is 10.2 Å². The van der Waals surface area contributed by atoms with Gasteiger partial charge in [0.15, 0.2) is 5.13 Å². The Bertz CT molecular complexity index is 639. The molecule has 1 N–H and O–H groups in total. The molecule has 4 nitrogen and oxygen atoms in total. The normalized spacial score (nSPS) is 17.7. The first-order valence-electron chi connectivity index (χ1n) is 8.78. The zero-order valence-corrected chi connectivity index (χ0v) is 15.0. The quantitative estimate of drug-likeness (QED) is 0.869. The minimum absolute atomic E-state index is 0.0319. The molecule has 1 saturated heterocycles. The summed E-state index contributed by atoms with van der Waals surface area (Å²) in [6.07, 6.45) is 6.37. The molecule has 0 spiro atoms. The molecule has 128 valence electrons. The van der Waals surface area contributed by atoms with E-state index in [1.165, 1.54) is 5.56 Å². The number of hydrogen-bond acceptors (Lipinski definition) is 4. The highest BCUT2D eigenvalue weighted by atomic mass is 32.1. The number of benzene rings is 1. The third-order valence-electron chi connectivity index (χ3n) is 4.51. The van der Waals surface area contributed by atoms with Gasteiger partial charge in [-0.05, 0) is 42.9 Å². The summed E-state index contributed by atoms with van der Waals surface area (Å²) < 4.78 is 0. The molecule has 1 atom stereocenters. The molecule has 2 aromatic rings. The Kier molecular flexibility index (Phi) is 5.86. The molecule has 1 amide bonds. The van der Waals surface area contributed by atoms with Gasteiger partial charge in [-0.1, -0.05) is 25.5 Å². The number of carbonyl (C=O) groups excluding carboxylic acids is 1. The number of aromatic nitrogens is 1. The van der Waals surface area contributed by atoms with E-state index in [0.717, 1.165) is 56.0 Å². The van der Waals surface area contributed by atoms with Crippen LogP contribution >= 0.6 is 11.3 Å². The van der Waals surface area contributed by atoms with E-state index in [0.29, 0.717) is 5.92 Å². The number of amides is 1. The van der Waals surface area contributed by atoms with Crippen molar-refractivity contribution in [2.75, 3.05) is 24.5 Å². The fourth-order valence-electron chi connectivity index (χ4n) is 3.23. The Labute approximate surface area is 147 Å². The van der Waals surface area contributed by atoms with Crippen molar-refractivity contribution in [1.82, 2.24) is 10.3 Å². The van der Waals surface area contributed by atoms with Gasteiger partial charge in [0.1, 0.15) is 0 Å². The van der Waals surface area contributed by atoms with Crippen LogP contribution in [0.25, 0.3) is 0 Å². The number of piperidine rings is 1. The number of aryl methyl sites for hydroxylation is 1. The van der Waals surface area contributed by atoms with Crippen LogP contribution in [0.1, 0.15) is 42.1 Å². The molecule has 1 aromatic carbocycles. The van der Waals surface area contributed by atoms with Crippen LogP contribution in [0.4, 0.5) is 5.13 Å². The van der Waals surface area contributed by atoms with Crippen LogP contribution in [0.15, 0.2) is 35.8 Å². The Hall–Kier alpha value is -1.88. The summed E-state index contributed by atoms with van der Waals surface area (Å²) in [6, 6.07) is 7.98. The average Bonchev–Trinajstić information content (AvgIpc) is 3.16. The minimum Gasteiger partial charge on any atom is -0.352 e. The first-order valence-corrected chi connectivity index (χ1v) is 9.66. The Morgan fingerprint density at radius 1 is 1.38 bits per heavy atom. The standard InChI is InChI=1S/C19H25N3OS/c1-2-4-15-6-8-17(9-7-15)18(23)21-13-16-5-3-11-22(14-16)19-20-10-12-24-19/h6-10,12,16H,2-5,11,13-14H2,1H3,(H,21,23)/t16-/m1/s1. The molecule has 0 unspecified atom stereocenters. The monoisotopic (exact) mass is 343 g/mol. The van der Waals surface area contributed by atoms with Crippen LogP contribution in [-0.2, 0) is 6.42 Å². The lowest BCUT2D eigenvalue weighted by atomic mass is 9.98. The summed E-state index contributed by atoms with van der Waals surface area (Å²) in [5, 5.41) is 6.22. The largest absolute Gasteiger partial charge is 0.352 e. The van der Waals surface area contributed by atoms with Crippen molar-refractivity contribution in [2.24, 2.45) is 5.92 Å². The van der Waals surface area contributed by atoms with E-state index >= 15 is 0 Å². The molecule has 1 aliphatic heterocycles. The van der Waals surface area contributed by atoms with Gasteiger partial charge in [-0.3, -0.25) is 4.79 Å². The van der Waals surface area contributed by atoms with E-state index in [1.54, 1.807) is 11.3 Å². The van der Waals surface area contributed by atoms with E-state index in [2.05, 4.69) is 34.3 Å². The number of thiazole rings is 1. The average molecular weight is 343 g/mol. The van der Waals surface area contributed by atoms with Gasteiger partial charge >= 0.3 is 0 Å². The third kappa shape index (κ3) is 4.35. The molecule has 1 fully saturated rings. The second-order valence-corrected chi connectivity index (χ2v) is 7.30. The summed E-state index contributed by atoms with van der Waals surface area (Å²) in [5.41, 5.74) is 2.04. The first-order chi connectivity index (χ1) is 11.8. The van der Waals surface area contributed by atoms with Crippen molar-refractivity contribution in [1.29, 1.82) is 0 Å². The highest BCUT2D eigenvalue weighted by Gasteiger charge is 2.22. The fourth-order valence-corrected chi connectivity index (χ4v) is 3.91. The topological polar surface area (TPSA) is 45.2 Å². The molecule has 0 bridgehead atoms. The summed E-state index contributed by atoms with van der Waals surface area (Å²) in [5.74, 6) is 0.524. The van der Waals surface area contributed by atoms with Crippen LogP contribution in [0, 0.1) is 5.92 Å². The zero-order chi connectivity index (χ0) is 16.8. The molecule has 1 aliphatic rings. The summed E-state index contributed by atoms with van der Waals surface area (Å²) in [7, 11) is 0. The van der Waals surface area contributed by atoms with Crippen LogP contribution in [0.3, 0.4) is 0 Å². The fraction of sp³-hybridized carbons (Fsp3) is 0.474. The predicted molar refractivity (Wildman–Crippen MR) is 99.8 cm³/mol.